The van der Waals surface area contributed by atoms with Gasteiger partial charge in [0.1, 0.15) is 0 Å². The Labute approximate surface area is 77.4 Å². The van der Waals surface area contributed by atoms with E-state index in [4.69, 9.17) is 9.47 Å². The largest absolute Gasteiger partial charge is 0.469 e. The van der Waals surface area contributed by atoms with Crippen LogP contribution in [0.25, 0.3) is 0 Å². The number of hydrogen-bond acceptors (Lipinski definition) is 3. The van der Waals surface area contributed by atoms with Crippen LogP contribution >= 0.6 is 0 Å². The highest BCUT2D eigenvalue weighted by Crippen LogP contribution is 2.55. The zero-order valence-corrected chi connectivity index (χ0v) is 7.73. The smallest absolute Gasteiger partial charge is 0.309 e. The summed E-state index contributed by atoms with van der Waals surface area (Å²) in [7, 11) is 1.48. The zero-order valence-electron chi connectivity index (χ0n) is 7.73. The van der Waals surface area contributed by atoms with E-state index in [-0.39, 0.29) is 11.9 Å². The van der Waals surface area contributed by atoms with E-state index >= 15 is 0 Å². The molecular formula is C10H14O3. The van der Waals surface area contributed by atoms with Crippen molar-refractivity contribution >= 4 is 5.97 Å². The summed E-state index contributed by atoms with van der Waals surface area (Å²) in [6, 6.07) is 0. The van der Waals surface area contributed by atoms with Gasteiger partial charge >= 0.3 is 5.97 Å². The van der Waals surface area contributed by atoms with Crippen LogP contribution in [0.2, 0.25) is 0 Å². The zero-order chi connectivity index (χ0) is 9.00. The van der Waals surface area contributed by atoms with Gasteiger partial charge in [0, 0.05) is 5.92 Å². The third-order valence-electron chi connectivity index (χ3n) is 3.90. The van der Waals surface area contributed by atoms with E-state index in [9.17, 15) is 4.79 Å². The number of rotatable bonds is 1. The fourth-order valence-electron chi connectivity index (χ4n) is 3.20. The Hall–Kier alpha value is -0.570. The van der Waals surface area contributed by atoms with E-state index in [1.54, 1.807) is 0 Å². The van der Waals surface area contributed by atoms with Crippen LogP contribution in [0.1, 0.15) is 19.3 Å². The number of carbonyl (C=O) groups excluding carboxylic acids is 1. The molecule has 3 heteroatoms. The fourth-order valence-corrected chi connectivity index (χ4v) is 3.20. The van der Waals surface area contributed by atoms with E-state index in [2.05, 4.69) is 0 Å². The maximum absolute atomic E-state index is 11.4. The summed E-state index contributed by atoms with van der Waals surface area (Å²) in [6.45, 7) is 0. The molecule has 5 atom stereocenters. The topological polar surface area (TPSA) is 38.8 Å². The second kappa shape index (κ2) is 2.47. The summed E-state index contributed by atoms with van der Waals surface area (Å²) in [5.74, 6) is 1.21. The lowest BCUT2D eigenvalue weighted by molar-refractivity contribution is -0.150. The maximum Gasteiger partial charge on any atom is 0.309 e. The Balaban J connectivity index is 1.81. The highest BCUT2D eigenvalue weighted by atomic mass is 16.6. The SMILES string of the molecule is COC(=O)C1CC2CCC1C1OC21. The second-order valence-corrected chi connectivity index (χ2v) is 4.43. The van der Waals surface area contributed by atoms with Crippen LogP contribution in [-0.4, -0.2) is 25.3 Å². The minimum absolute atomic E-state index is 0.0244. The highest BCUT2D eigenvalue weighted by molar-refractivity contribution is 5.73. The molecule has 13 heavy (non-hydrogen) atoms. The normalized spacial score (nSPS) is 51.3. The van der Waals surface area contributed by atoms with Gasteiger partial charge < -0.3 is 9.47 Å². The lowest BCUT2D eigenvalue weighted by atomic mass is 9.65. The molecule has 0 amide bonds. The Kier molecular flexibility index (Phi) is 1.48. The Bertz CT molecular complexity index is 251. The number of epoxide rings is 1. The van der Waals surface area contributed by atoms with Crippen molar-refractivity contribution in [2.75, 3.05) is 7.11 Å². The van der Waals surface area contributed by atoms with Gasteiger partial charge in [0.2, 0.25) is 0 Å². The molecule has 3 nitrogen and oxygen atoms in total. The minimum Gasteiger partial charge on any atom is -0.469 e. The average Bonchev–Trinajstić information content (AvgIpc) is 2.97. The Morgan fingerprint density at radius 2 is 2.23 bits per heavy atom. The molecule has 0 N–H and O–H groups in total. The molecular weight excluding hydrogens is 168 g/mol. The lowest BCUT2D eigenvalue weighted by Gasteiger charge is -2.37. The first-order valence-electron chi connectivity index (χ1n) is 5.04. The molecule has 0 aromatic rings. The van der Waals surface area contributed by atoms with Crippen LogP contribution in [-0.2, 0) is 14.3 Å². The monoisotopic (exact) mass is 182 g/mol. The van der Waals surface area contributed by atoms with Gasteiger partial charge in [-0.1, -0.05) is 0 Å². The van der Waals surface area contributed by atoms with Gasteiger partial charge in [0.25, 0.3) is 0 Å². The van der Waals surface area contributed by atoms with Crippen LogP contribution in [0.3, 0.4) is 0 Å². The van der Waals surface area contributed by atoms with E-state index in [0.29, 0.717) is 24.0 Å². The third-order valence-corrected chi connectivity index (χ3v) is 3.90. The quantitative estimate of drug-likeness (QED) is 0.448. The van der Waals surface area contributed by atoms with Gasteiger partial charge in [0.05, 0.1) is 25.2 Å². The number of ether oxygens (including phenoxy) is 2. The summed E-state index contributed by atoms with van der Waals surface area (Å²) < 4.78 is 10.4. The summed E-state index contributed by atoms with van der Waals surface area (Å²) in [4.78, 5) is 11.4. The van der Waals surface area contributed by atoms with Gasteiger partial charge in [-0.2, -0.15) is 0 Å². The first kappa shape index (κ1) is 7.80. The first-order chi connectivity index (χ1) is 6.31. The predicted molar refractivity (Wildman–Crippen MR) is 45.0 cm³/mol. The molecule has 0 spiro atoms. The van der Waals surface area contributed by atoms with E-state index in [1.165, 1.54) is 13.5 Å². The molecule has 0 radical (unpaired) electrons. The van der Waals surface area contributed by atoms with Crippen molar-refractivity contribution in [1.82, 2.24) is 0 Å². The molecule has 5 unspecified atom stereocenters. The summed E-state index contributed by atoms with van der Waals surface area (Å²) in [5.41, 5.74) is 0. The molecule has 3 aliphatic carbocycles. The van der Waals surface area contributed by atoms with Crippen molar-refractivity contribution in [2.24, 2.45) is 17.8 Å². The van der Waals surface area contributed by atoms with Crippen molar-refractivity contribution in [1.29, 1.82) is 0 Å². The Morgan fingerprint density at radius 1 is 1.38 bits per heavy atom. The van der Waals surface area contributed by atoms with Crippen LogP contribution in [0, 0.1) is 17.8 Å². The second-order valence-electron chi connectivity index (χ2n) is 4.43. The molecule has 4 aliphatic rings. The van der Waals surface area contributed by atoms with Crippen LogP contribution in [0.15, 0.2) is 0 Å². The first-order valence-corrected chi connectivity index (χ1v) is 5.04. The number of methoxy groups -OCH3 is 1. The van der Waals surface area contributed by atoms with Crippen molar-refractivity contribution in [3.05, 3.63) is 0 Å². The van der Waals surface area contributed by atoms with Crippen molar-refractivity contribution in [3.63, 3.8) is 0 Å². The van der Waals surface area contributed by atoms with Crippen molar-refractivity contribution in [3.8, 4) is 0 Å². The van der Waals surface area contributed by atoms with Crippen LogP contribution in [0.4, 0.5) is 0 Å². The van der Waals surface area contributed by atoms with Crippen molar-refractivity contribution in [2.45, 2.75) is 31.5 Å². The molecule has 0 aromatic carbocycles. The highest BCUT2D eigenvalue weighted by Gasteiger charge is 2.60. The minimum atomic E-state index is -0.0244. The summed E-state index contributed by atoms with van der Waals surface area (Å²) >= 11 is 0. The maximum atomic E-state index is 11.4. The molecule has 4 fully saturated rings. The van der Waals surface area contributed by atoms with Gasteiger partial charge in [0.15, 0.2) is 0 Å². The lowest BCUT2D eigenvalue weighted by Crippen LogP contribution is -2.41. The number of carbonyl (C=O) groups is 1. The average molecular weight is 182 g/mol. The predicted octanol–water partition coefficient (Wildman–Crippen LogP) is 0.973. The van der Waals surface area contributed by atoms with Crippen molar-refractivity contribution < 1.29 is 14.3 Å². The number of esters is 1. The number of fused-ring (bicyclic) bond motifs is 2. The summed E-state index contributed by atoms with van der Waals surface area (Å²) in [6.07, 6.45) is 4.31. The number of hydrogen-bond donors (Lipinski definition) is 0. The molecule has 4 rings (SSSR count). The standard InChI is InChI=1S/C10H14O3/c1-12-10(11)7-4-5-2-3-6(7)9-8(5)13-9/h5-9H,2-4H2,1H3. The molecule has 72 valence electrons. The van der Waals surface area contributed by atoms with Gasteiger partial charge in [-0.3, -0.25) is 4.79 Å². The van der Waals surface area contributed by atoms with E-state index < -0.39 is 0 Å². The summed E-state index contributed by atoms with van der Waals surface area (Å²) in [5, 5.41) is 0. The molecule has 3 saturated carbocycles. The van der Waals surface area contributed by atoms with Gasteiger partial charge in [-0.15, -0.1) is 0 Å². The van der Waals surface area contributed by atoms with Gasteiger partial charge in [-0.25, -0.2) is 0 Å². The fraction of sp³-hybridized carbons (Fsp3) is 0.900. The third kappa shape index (κ3) is 0.966. The van der Waals surface area contributed by atoms with Crippen LogP contribution in [0.5, 0.6) is 0 Å². The van der Waals surface area contributed by atoms with Crippen LogP contribution < -0.4 is 0 Å². The van der Waals surface area contributed by atoms with E-state index in [1.807, 2.05) is 0 Å². The van der Waals surface area contributed by atoms with Gasteiger partial charge in [-0.05, 0) is 25.2 Å². The molecule has 2 bridgehead atoms. The Morgan fingerprint density at radius 3 is 2.92 bits per heavy atom. The molecule has 0 aromatic heterocycles. The van der Waals surface area contributed by atoms with E-state index in [0.717, 1.165) is 12.8 Å². The molecule has 1 aliphatic heterocycles. The molecule has 1 saturated heterocycles. The molecule has 1 heterocycles.